The summed E-state index contributed by atoms with van der Waals surface area (Å²) in [6.07, 6.45) is -3.35. The van der Waals surface area contributed by atoms with Crippen LogP contribution >= 0.6 is 0 Å². The van der Waals surface area contributed by atoms with E-state index >= 15 is 0 Å². The molecule has 10 heteroatoms. The third kappa shape index (κ3) is 7.22. The second kappa shape index (κ2) is 10.8. The Morgan fingerprint density at radius 2 is 1.63 bits per heavy atom. The Balaban J connectivity index is 1.67. The molecule has 35 heavy (non-hydrogen) atoms. The largest absolute Gasteiger partial charge is 0.494 e. The maximum Gasteiger partial charge on any atom is 0.416 e. The predicted molar refractivity (Wildman–Crippen MR) is 128 cm³/mol. The van der Waals surface area contributed by atoms with Gasteiger partial charge in [-0.3, -0.25) is 9.10 Å². The molecule has 0 unspecified atom stereocenters. The molecule has 0 radical (unpaired) electrons. The number of alkyl halides is 3. The Kier molecular flexibility index (Phi) is 8.06. The number of nitrogens with one attached hydrogen (secondary N) is 1. The standard InChI is InChI=1S/C25H25F3N2O4S/c1-3-34-23-13-11-22(12-14-23)30(35(2,32)33)17-18-7-9-20(10-8-18)24(31)29-16-19-5-4-6-21(15-19)25(26,27)28/h4-15H,3,16-17H2,1-2H3,(H,29,31). The molecular formula is C25H25F3N2O4S. The molecule has 3 rings (SSSR count). The zero-order chi connectivity index (χ0) is 25.6. The smallest absolute Gasteiger partial charge is 0.416 e. The van der Waals surface area contributed by atoms with Crippen molar-refractivity contribution in [3.63, 3.8) is 0 Å². The fraction of sp³-hybridized carbons (Fsp3) is 0.240. The van der Waals surface area contributed by atoms with Gasteiger partial charge in [-0.1, -0.05) is 24.3 Å². The quantitative estimate of drug-likeness (QED) is 0.443. The number of benzene rings is 3. The summed E-state index contributed by atoms with van der Waals surface area (Å²) in [4.78, 5) is 12.4. The van der Waals surface area contributed by atoms with Crippen LogP contribution in [0.4, 0.5) is 18.9 Å². The van der Waals surface area contributed by atoms with E-state index in [1.165, 1.54) is 28.6 Å². The third-order valence-corrected chi connectivity index (χ3v) is 6.23. The summed E-state index contributed by atoms with van der Waals surface area (Å²) in [6, 6.07) is 17.8. The van der Waals surface area contributed by atoms with Crippen LogP contribution in [0.2, 0.25) is 0 Å². The van der Waals surface area contributed by atoms with Crippen molar-refractivity contribution in [3.05, 3.63) is 95.1 Å². The van der Waals surface area contributed by atoms with Gasteiger partial charge in [0.15, 0.2) is 0 Å². The average molecular weight is 507 g/mol. The van der Waals surface area contributed by atoms with Gasteiger partial charge in [0, 0.05) is 12.1 Å². The highest BCUT2D eigenvalue weighted by molar-refractivity contribution is 7.92. The van der Waals surface area contributed by atoms with E-state index in [-0.39, 0.29) is 13.1 Å². The zero-order valence-corrected chi connectivity index (χ0v) is 20.0. The molecule has 0 aromatic heterocycles. The highest BCUT2D eigenvalue weighted by Crippen LogP contribution is 2.29. The summed E-state index contributed by atoms with van der Waals surface area (Å²) in [7, 11) is -3.59. The summed E-state index contributed by atoms with van der Waals surface area (Å²) in [6.45, 7) is 2.34. The van der Waals surface area contributed by atoms with Gasteiger partial charge < -0.3 is 10.1 Å². The van der Waals surface area contributed by atoms with Gasteiger partial charge in [-0.15, -0.1) is 0 Å². The van der Waals surface area contributed by atoms with E-state index in [9.17, 15) is 26.4 Å². The molecule has 0 saturated heterocycles. The molecule has 0 aliphatic heterocycles. The Hall–Kier alpha value is -3.53. The van der Waals surface area contributed by atoms with Crippen LogP contribution in [0.15, 0.2) is 72.8 Å². The number of amides is 1. The molecule has 0 fully saturated rings. The number of halogens is 3. The molecule has 3 aromatic rings. The first kappa shape index (κ1) is 26.1. The lowest BCUT2D eigenvalue weighted by Crippen LogP contribution is -2.29. The predicted octanol–water partition coefficient (Wildman–Crippen LogP) is 5.00. The number of hydrogen-bond acceptors (Lipinski definition) is 4. The van der Waals surface area contributed by atoms with Gasteiger partial charge in [0.25, 0.3) is 5.91 Å². The molecular weight excluding hydrogens is 481 g/mol. The number of nitrogens with zero attached hydrogens (tertiary/aromatic N) is 1. The lowest BCUT2D eigenvalue weighted by molar-refractivity contribution is -0.137. The Morgan fingerprint density at radius 3 is 2.20 bits per heavy atom. The summed E-state index contributed by atoms with van der Waals surface area (Å²) in [5.74, 6) is 0.172. The minimum Gasteiger partial charge on any atom is -0.494 e. The van der Waals surface area contributed by atoms with Crippen molar-refractivity contribution in [3.8, 4) is 5.75 Å². The molecule has 1 amide bonds. The number of carbonyl (C=O) groups is 1. The Bertz CT molecular complexity index is 1260. The Morgan fingerprint density at radius 1 is 0.971 bits per heavy atom. The van der Waals surface area contributed by atoms with Crippen LogP contribution in [-0.2, 0) is 29.3 Å². The van der Waals surface area contributed by atoms with Crippen LogP contribution in [-0.4, -0.2) is 27.2 Å². The van der Waals surface area contributed by atoms with E-state index in [0.29, 0.717) is 34.7 Å². The van der Waals surface area contributed by atoms with E-state index in [4.69, 9.17) is 4.74 Å². The normalized spacial score (nSPS) is 11.7. The second-order valence-electron chi connectivity index (χ2n) is 7.77. The van der Waals surface area contributed by atoms with Crippen molar-refractivity contribution in [1.29, 1.82) is 0 Å². The Labute approximate surface area is 202 Å². The van der Waals surface area contributed by atoms with Crippen molar-refractivity contribution < 1.29 is 31.1 Å². The van der Waals surface area contributed by atoms with Gasteiger partial charge in [0.05, 0.1) is 30.7 Å². The molecule has 0 saturated carbocycles. The first-order valence-electron chi connectivity index (χ1n) is 10.7. The number of rotatable bonds is 9. The van der Waals surface area contributed by atoms with Crippen LogP contribution in [0.25, 0.3) is 0 Å². The third-order valence-electron chi connectivity index (χ3n) is 5.09. The fourth-order valence-corrected chi connectivity index (χ4v) is 4.23. The summed E-state index contributed by atoms with van der Waals surface area (Å²) < 4.78 is 70.0. The minimum absolute atomic E-state index is 0.0545. The number of sulfonamides is 1. The maximum atomic E-state index is 12.9. The molecule has 1 N–H and O–H groups in total. The minimum atomic E-state index is -4.46. The number of hydrogen-bond donors (Lipinski definition) is 1. The van der Waals surface area contributed by atoms with E-state index < -0.39 is 27.7 Å². The number of anilines is 1. The van der Waals surface area contributed by atoms with E-state index in [1.807, 2.05) is 6.92 Å². The number of carbonyl (C=O) groups excluding carboxylic acids is 1. The van der Waals surface area contributed by atoms with E-state index in [1.54, 1.807) is 36.4 Å². The van der Waals surface area contributed by atoms with Crippen LogP contribution in [0.1, 0.15) is 34.0 Å². The van der Waals surface area contributed by atoms with E-state index in [2.05, 4.69) is 5.32 Å². The average Bonchev–Trinajstić information content (AvgIpc) is 2.81. The van der Waals surface area contributed by atoms with Gasteiger partial charge in [-0.25, -0.2) is 8.42 Å². The topological polar surface area (TPSA) is 75.7 Å². The van der Waals surface area contributed by atoms with Crippen molar-refractivity contribution in [1.82, 2.24) is 5.32 Å². The molecule has 3 aromatic carbocycles. The first-order chi connectivity index (χ1) is 16.5. The molecule has 6 nitrogen and oxygen atoms in total. The van der Waals surface area contributed by atoms with Gasteiger partial charge in [-0.2, -0.15) is 13.2 Å². The molecule has 0 aliphatic rings. The zero-order valence-electron chi connectivity index (χ0n) is 19.2. The fourth-order valence-electron chi connectivity index (χ4n) is 3.34. The number of ether oxygens (including phenoxy) is 1. The van der Waals surface area contributed by atoms with Gasteiger partial charge in [0.2, 0.25) is 10.0 Å². The van der Waals surface area contributed by atoms with Gasteiger partial charge >= 0.3 is 6.18 Å². The lowest BCUT2D eigenvalue weighted by atomic mass is 10.1. The first-order valence-corrected chi connectivity index (χ1v) is 12.6. The molecule has 0 spiro atoms. The molecule has 0 aliphatic carbocycles. The van der Waals surface area contributed by atoms with Crippen LogP contribution in [0.3, 0.4) is 0 Å². The van der Waals surface area contributed by atoms with Crippen LogP contribution in [0, 0.1) is 0 Å². The highest BCUT2D eigenvalue weighted by Gasteiger charge is 2.30. The van der Waals surface area contributed by atoms with Crippen LogP contribution in [0.5, 0.6) is 5.75 Å². The monoisotopic (exact) mass is 506 g/mol. The molecule has 186 valence electrons. The molecule has 0 heterocycles. The van der Waals surface area contributed by atoms with Gasteiger partial charge in [0.1, 0.15) is 5.75 Å². The van der Waals surface area contributed by atoms with Gasteiger partial charge in [-0.05, 0) is 66.6 Å². The highest BCUT2D eigenvalue weighted by atomic mass is 32.2. The van der Waals surface area contributed by atoms with E-state index in [0.717, 1.165) is 18.4 Å². The van der Waals surface area contributed by atoms with Crippen molar-refractivity contribution in [2.24, 2.45) is 0 Å². The summed E-state index contributed by atoms with van der Waals surface area (Å²) >= 11 is 0. The van der Waals surface area contributed by atoms with Crippen molar-refractivity contribution in [2.45, 2.75) is 26.2 Å². The van der Waals surface area contributed by atoms with Crippen molar-refractivity contribution in [2.75, 3.05) is 17.2 Å². The lowest BCUT2D eigenvalue weighted by Gasteiger charge is -2.23. The van der Waals surface area contributed by atoms with Crippen molar-refractivity contribution >= 4 is 21.6 Å². The second-order valence-corrected chi connectivity index (χ2v) is 9.68. The molecule has 0 bridgehead atoms. The summed E-state index contributed by atoms with van der Waals surface area (Å²) in [5.41, 5.74) is 0.964. The SMILES string of the molecule is CCOc1ccc(N(Cc2ccc(C(=O)NCc3cccc(C(F)(F)F)c3)cc2)S(C)(=O)=O)cc1. The molecule has 0 atom stereocenters. The summed E-state index contributed by atoms with van der Waals surface area (Å²) in [5, 5.41) is 2.60. The van der Waals surface area contributed by atoms with Crippen LogP contribution < -0.4 is 14.4 Å². The maximum absolute atomic E-state index is 12.9.